The standard InChI is InChI=1S/C18H21NO4/c1-11(16(20)21)19-15-13-8-6-5-7-12(13)9-10-14(15)17(22)23-18(2,3)4/h5-11,19H,1-4H3,(H,20,21)/t11-/m0/s1. The summed E-state index contributed by atoms with van der Waals surface area (Å²) in [6.07, 6.45) is 0. The van der Waals surface area contributed by atoms with Crippen molar-refractivity contribution in [1.82, 2.24) is 0 Å². The quantitative estimate of drug-likeness (QED) is 0.842. The lowest BCUT2D eigenvalue weighted by Gasteiger charge is -2.22. The molecule has 0 aliphatic rings. The first-order valence-corrected chi connectivity index (χ1v) is 7.43. The van der Waals surface area contributed by atoms with Gasteiger partial charge in [0.1, 0.15) is 11.6 Å². The van der Waals surface area contributed by atoms with Crippen LogP contribution in [0.5, 0.6) is 0 Å². The average Bonchev–Trinajstić information content (AvgIpc) is 2.45. The Balaban J connectivity index is 2.55. The van der Waals surface area contributed by atoms with Crippen molar-refractivity contribution in [3.63, 3.8) is 0 Å². The van der Waals surface area contributed by atoms with E-state index in [-0.39, 0.29) is 0 Å². The predicted molar refractivity (Wildman–Crippen MR) is 89.8 cm³/mol. The summed E-state index contributed by atoms with van der Waals surface area (Å²) < 4.78 is 5.43. The van der Waals surface area contributed by atoms with E-state index in [0.717, 1.165) is 10.8 Å². The first-order chi connectivity index (χ1) is 10.7. The molecule has 2 aromatic rings. The molecule has 0 aliphatic heterocycles. The van der Waals surface area contributed by atoms with Gasteiger partial charge in [0, 0.05) is 5.39 Å². The Morgan fingerprint density at radius 2 is 1.78 bits per heavy atom. The molecule has 0 amide bonds. The van der Waals surface area contributed by atoms with Gasteiger partial charge in [-0.1, -0.05) is 30.3 Å². The monoisotopic (exact) mass is 315 g/mol. The topological polar surface area (TPSA) is 75.6 Å². The molecule has 0 spiro atoms. The molecule has 1 atom stereocenters. The number of aliphatic carboxylic acids is 1. The van der Waals surface area contributed by atoms with E-state index in [1.54, 1.807) is 26.8 Å². The van der Waals surface area contributed by atoms with Crippen molar-refractivity contribution in [3.05, 3.63) is 42.0 Å². The fourth-order valence-corrected chi connectivity index (χ4v) is 2.21. The molecule has 0 unspecified atom stereocenters. The number of carboxylic acids is 1. The third-order valence-electron chi connectivity index (χ3n) is 3.28. The summed E-state index contributed by atoms with van der Waals surface area (Å²) in [6, 6.07) is 10.1. The van der Waals surface area contributed by atoms with Crippen molar-refractivity contribution >= 4 is 28.4 Å². The Hall–Kier alpha value is -2.56. The molecule has 0 saturated carbocycles. The van der Waals surface area contributed by atoms with Gasteiger partial charge < -0.3 is 15.2 Å². The Bertz CT molecular complexity index is 746. The van der Waals surface area contributed by atoms with E-state index in [1.807, 2.05) is 30.3 Å². The lowest BCUT2D eigenvalue weighted by atomic mass is 10.0. The molecule has 0 radical (unpaired) electrons. The van der Waals surface area contributed by atoms with Crippen LogP contribution in [-0.4, -0.2) is 28.7 Å². The summed E-state index contributed by atoms with van der Waals surface area (Å²) in [5.74, 6) is -1.48. The number of carbonyl (C=O) groups is 2. The maximum Gasteiger partial charge on any atom is 0.340 e. The maximum absolute atomic E-state index is 12.5. The summed E-state index contributed by atoms with van der Waals surface area (Å²) in [4.78, 5) is 23.6. The summed E-state index contributed by atoms with van der Waals surface area (Å²) in [5, 5.41) is 13.8. The molecule has 0 aliphatic carbocycles. The molecule has 5 heteroatoms. The maximum atomic E-state index is 12.5. The van der Waals surface area contributed by atoms with E-state index in [1.165, 1.54) is 6.92 Å². The number of ether oxygens (including phenoxy) is 1. The number of anilines is 1. The van der Waals surface area contributed by atoms with Crippen LogP contribution in [0.2, 0.25) is 0 Å². The fourth-order valence-electron chi connectivity index (χ4n) is 2.21. The Morgan fingerprint density at radius 1 is 1.13 bits per heavy atom. The molecule has 0 aromatic heterocycles. The van der Waals surface area contributed by atoms with Crippen molar-refractivity contribution in [2.75, 3.05) is 5.32 Å². The lowest BCUT2D eigenvalue weighted by Crippen LogP contribution is -2.28. The second-order valence-electron chi connectivity index (χ2n) is 6.42. The van der Waals surface area contributed by atoms with Crippen LogP contribution in [0.25, 0.3) is 10.8 Å². The smallest absolute Gasteiger partial charge is 0.340 e. The number of rotatable bonds is 4. The number of benzene rings is 2. The molecule has 0 heterocycles. The highest BCUT2D eigenvalue weighted by atomic mass is 16.6. The molecule has 0 bridgehead atoms. The van der Waals surface area contributed by atoms with E-state index in [0.29, 0.717) is 11.3 Å². The molecule has 122 valence electrons. The third-order valence-corrected chi connectivity index (χ3v) is 3.28. The number of nitrogens with one attached hydrogen (secondary N) is 1. The minimum Gasteiger partial charge on any atom is -0.480 e. The fraction of sp³-hybridized carbons (Fsp3) is 0.333. The number of hydrogen-bond acceptors (Lipinski definition) is 4. The van der Waals surface area contributed by atoms with E-state index >= 15 is 0 Å². The van der Waals surface area contributed by atoms with Gasteiger partial charge in [-0.25, -0.2) is 4.79 Å². The molecule has 5 nitrogen and oxygen atoms in total. The van der Waals surface area contributed by atoms with Gasteiger partial charge in [0.15, 0.2) is 0 Å². The number of esters is 1. The summed E-state index contributed by atoms with van der Waals surface area (Å²) in [5.41, 5.74) is 0.178. The van der Waals surface area contributed by atoms with E-state index in [2.05, 4.69) is 5.32 Å². The Labute approximate surface area is 135 Å². The van der Waals surface area contributed by atoms with Gasteiger partial charge in [-0.05, 0) is 39.1 Å². The van der Waals surface area contributed by atoms with E-state index in [4.69, 9.17) is 9.84 Å². The lowest BCUT2D eigenvalue weighted by molar-refractivity contribution is -0.137. The highest BCUT2D eigenvalue weighted by Gasteiger charge is 2.23. The molecule has 0 fully saturated rings. The summed E-state index contributed by atoms with van der Waals surface area (Å²) in [7, 11) is 0. The first-order valence-electron chi connectivity index (χ1n) is 7.43. The molecule has 2 N–H and O–H groups in total. The predicted octanol–water partition coefficient (Wildman–Crippen LogP) is 3.68. The Morgan fingerprint density at radius 3 is 2.39 bits per heavy atom. The largest absolute Gasteiger partial charge is 0.480 e. The van der Waals surface area contributed by atoms with Gasteiger partial charge in [-0.3, -0.25) is 4.79 Å². The molecule has 2 aromatic carbocycles. The highest BCUT2D eigenvalue weighted by molar-refractivity contribution is 6.07. The molecule has 0 saturated heterocycles. The molecule has 2 rings (SSSR count). The van der Waals surface area contributed by atoms with Gasteiger partial charge in [0.2, 0.25) is 0 Å². The molecule has 23 heavy (non-hydrogen) atoms. The normalized spacial score (nSPS) is 12.7. The zero-order valence-corrected chi connectivity index (χ0v) is 13.7. The second kappa shape index (κ2) is 6.28. The van der Waals surface area contributed by atoms with Crippen molar-refractivity contribution < 1.29 is 19.4 Å². The highest BCUT2D eigenvalue weighted by Crippen LogP contribution is 2.29. The van der Waals surface area contributed by atoms with Crippen LogP contribution in [0.3, 0.4) is 0 Å². The average molecular weight is 315 g/mol. The van der Waals surface area contributed by atoms with Crippen LogP contribution in [0.15, 0.2) is 36.4 Å². The minimum atomic E-state index is -0.993. The Kier molecular flexibility index (Phi) is 4.59. The van der Waals surface area contributed by atoms with Gasteiger partial charge in [-0.2, -0.15) is 0 Å². The van der Waals surface area contributed by atoms with Crippen molar-refractivity contribution in [2.24, 2.45) is 0 Å². The van der Waals surface area contributed by atoms with Crippen LogP contribution in [0, 0.1) is 0 Å². The minimum absolute atomic E-state index is 0.326. The van der Waals surface area contributed by atoms with E-state index < -0.39 is 23.6 Å². The summed E-state index contributed by atoms with van der Waals surface area (Å²) in [6.45, 7) is 6.90. The number of hydrogen-bond donors (Lipinski definition) is 2. The first kappa shape index (κ1) is 16.8. The van der Waals surface area contributed by atoms with Crippen LogP contribution < -0.4 is 5.32 Å². The summed E-state index contributed by atoms with van der Waals surface area (Å²) >= 11 is 0. The number of carboxylic acid groups (broad SMARTS) is 1. The van der Waals surface area contributed by atoms with Crippen LogP contribution in [0.1, 0.15) is 38.1 Å². The van der Waals surface area contributed by atoms with Crippen LogP contribution in [-0.2, 0) is 9.53 Å². The van der Waals surface area contributed by atoms with Gasteiger partial charge in [-0.15, -0.1) is 0 Å². The second-order valence-corrected chi connectivity index (χ2v) is 6.42. The molecular weight excluding hydrogens is 294 g/mol. The number of carbonyl (C=O) groups excluding carboxylic acids is 1. The van der Waals surface area contributed by atoms with Crippen LogP contribution in [0.4, 0.5) is 5.69 Å². The SMILES string of the molecule is C[C@H](Nc1c(C(=O)OC(C)(C)C)ccc2ccccc12)C(=O)O. The number of fused-ring (bicyclic) bond motifs is 1. The van der Waals surface area contributed by atoms with Gasteiger partial charge in [0.05, 0.1) is 11.3 Å². The van der Waals surface area contributed by atoms with Gasteiger partial charge >= 0.3 is 11.9 Å². The van der Waals surface area contributed by atoms with Crippen molar-refractivity contribution in [1.29, 1.82) is 0 Å². The van der Waals surface area contributed by atoms with Crippen molar-refractivity contribution in [2.45, 2.75) is 39.3 Å². The molecular formula is C18H21NO4. The van der Waals surface area contributed by atoms with E-state index in [9.17, 15) is 9.59 Å². The third kappa shape index (κ3) is 4.00. The zero-order valence-electron chi connectivity index (χ0n) is 13.7. The zero-order chi connectivity index (χ0) is 17.2. The van der Waals surface area contributed by atoms with Crippen molar-refractivity contribution in [3.8, 4) is 0 Å². The van der Waals surface area contributed by atoms with Gasteiger partial charge in [0.25, 0.3) is 0 Å². The van der Waals surface area contributed by atoms with Crippen LogP contribution >= 0.6 is 0 Å².